The summed E-state index contributed by atoms with van der Waals surface area (Å²) in [7, 11) is 0. The van der Waals surface area contributed by atoms with Crippen molar-refractivity contribution in [3.8, 4) is 11.4 Å². The number of ether oxygens (including phenoxy) is 1. The van der Waals surface area contributed by atoms with Crippen LogP contribution in [-0.2, 0) is 11.3 Å². The van der Waals surface area contributed by atoms with E-state index < -0.39 is 0 Å². The zero-order chi connectivity index (χ0) is 13.3. The van der Waals surface area contributed by atoms with Crippen molar-refractivity contribution in [1.29, 1.82) is 0 Å². The van der Waals surface area contributed by atoms with Crippen molar-refractivity contribution in [3.05, 3.63) is 35.1 Å². The molecule has 0 saturated carbocycles. The first-order chi connectivity index (χ1) is 9.18. The van der Waals surface area contributed by atoms with Crippen molar-refractivity contribution in [2.24, 2.45) is 0 Å². The highest BCUT2D eigenvalue weighted by molar-refractivity contribution is 7.71. The average Bonchev–Trinajstić information content (AvgIpc) is 2.99. The summed E-state index contributed by atoms with van der Waals surface area (Å²) in [6, 6.07) is 10.1. The van der Waals surface area contributed by atoms with E-state index in [-0.39, 0.29) is 5.60 Å². The summed E-state index contributed by atoms with van der Waals surface area (Å²) < 4.78 is 8.54. The van der Waals surface area contributed by atoms with Gasteiger partial charge in [-0.1, -0.05) is 30.3 Å². The summed E-state index contributed by atoms with van der Waals surface area (Å²) in [5.74, 6) is 0.877. The van der Waals surface area contributed by atoms with E-state index in [0.717, 1.165) is 37.4 Å². The first-order valence-corrected chi connectivity index (χ1v) is 6.93. The van der Waals surface area contributed by atoms with Crippen LogP contribution in [0, 0.1) is 4.77 Å². The Bertz CT molecular complexity index is 611. The lowest BCUT2D eigenvalue weighted by Gasteiger charge is -2.24. The standard InChI is InChI=1S/C14H17N3OS/c1-14(8-5-9-18-14)10-17-12(15-16-13(17)19)11-6-3-2-4-7-11/h2-4,6-7H,5,8-10H2,1H3,(H,16,19). The number of aromatic amines is 1. The van der Waals surface area contributed by atoms with E-state index in [0.29, 0.717) is 4.77 Å². The quantitative estimate of drug-likeness (QED) is 0.875. The van der Waals surface area contributed by atoms with Crippen molar-refractivity contribution >= 4 is 12.2 Å². The molecule has 0 amide bonds. The molecule has 4 nitrogen and oxygen atoms in total. The van der Waals surface area contributed by atoms with Crippen LogP contribution >= 0.6 is 12.2 Å². The lowest BCUT2D eigenvalue weighted by Crippen LogP contribution is -2.30. The van der Waals surface area contributed by atoms with Gasteiger partial charge in [0.25, 0.3) is 0 Å². The predicted molar refractivity (Wildman–Crippen MR) is 76.4 cm³/mol. The van der Waals surface area contributed by atoms with E-state index in [1.807, 2.05) is 34.9 Å². The molecule has 1 unspecified atom stereocenters. The van der Waals surface area contributed by atoms with Crippen molar-refractivity contribution in [3.63, 3.8) is 0 Å². The summed E-state index contributed by atoms with van der Waals surface area (Å²) in [5.41, 5.74) is 0.933. The summed E-state index contributed by atoms with van der Waals surface area (Å²) in [4.78, 5) is 0. The van der Waals surface area contributed by atoms with E-state index in [4.69, 9.17) is 17.0 Å². The monoisotopic (exact) mass is 275 g/mol. The molecule has 1 aliphatic heterocycles. The van der Waals surface area contributed by atoms with Gasteiger partial charge in [-0.05, 0) is 32.0 Å². The van der Waals surface area contributed by atoms with Crippen LogP contribution in [0.5, 0.6) is 0 Å². The third-order valence-electron chi connectivity index (χ3n) is 3.58. The van der Waals surface area contributed by atoms with E-state index in [9.17, 15) is 0 Å². The number of nitrogens with one attached hydrogen (secondary N) is 1. The van der Waals surface area contributed by atoms with Gasteiger partial charge in [-0.2, -0.15) is 5.10 Å². The van der Waals surface area contributed by atoms with Gasteiger partial charge in [0.1, 0.15) is 0 Å². The molecular formula is C14H17N3OS. The highest BCUT2D eigenvalue weighted by atomic mass is 32.1. The minimum atomic E-state index is -0.133. The first-order valence-electron chi connectivity index (χ1n) is 6.53. The van der Waals surface area contributed by atoms with Crippen LogP contribution in [0.4, 0.5) is 0 Å². The van der Waals surface area contributed by atoms with E-state index in [1.54, 1.807) is 0 Å². The normalized spacial score (nSPS) is 22.8. The SMILES string of the molecule is CC1(Cn2c(-c3ccccc3)n[nH]c2=S)CCCO1. The molecule has 0 aliphatic carbocycles. The Morgan fingerprint density at radius 1 is 1.42 bits per heavy atom. The molecule has 19 heavy (non-hydrogen) atoms. The molecule has 1 fully saturated rings. The summed E-state index contributed by atoms with van der Waals surface area (Å²) in [6.45, 7) is 3.72. The average molecular weight is 275 g/mol. The van der Waals surface area contributed by atoms with Gasteiger partial charge in [-0.15, -0.1) is 0 Å². The fourth-order valence-corrected chi connectivity index (χ4v) is 2.76. The van der Waals surface area contributed by atoms with E-state index in [2.05, 4.69) is 17.1 Å². The highest BCUT2D eigenvalue weighted by Gasteiger charge is 2.31. The van der Waals surface area contributed by atoms with Crippen molar-refractivity contribution in [1.82, 2.24) is 14.8 Å². The molecular weight excluding hydrogens is 258 g/mol. The minimum absolute atomic E-state index is 0.133. The molecule has 1 aromatic heterocycles. The molecule has 0 bridgehead atoms. The third kappa shape index (κ3) is 2.48. The zero-order valence-corrected chi connectivity index (χ0v) is 11.7. The first kappa shape index (κ1) is 12.6. The Morgan fingerprint density at radius 2 is 2.21 bits per heavy atom. The molecule has 1 aromatic carbocycles. The smallest absolute Gasteiger partial charge is 0.195 e. The molecule has 3 rings (SSSR count). The number of nitrogens with zero attached hydrogens (tertiary/aromatic N) is 2. The second-order valence-electron chi connectivity index (χ2n) is 5.21. The number of aromatic nitrogens is 3. The van der Waals surface area contributed by atoms with E-state index in [1.165, 1.54) is 0 Å². The van der Waals surface area contributed by atoms with Gasteiger partial charge in [-0.3, -0.25) is 9.67 Å². The number of H-pyrrole nitrogens is 1. The molecule has 0 radical (unpaired) electrons. The van der Waals surface area contributed by atoms with Crippen LogP contribution < -0.4 is 0 Å². The van der Waals surface area contributed by atoms with Crippen LogP contribution in [0.2, 0.25) is 0 Å². The van der Waals surface area contributed by atoms with Gasteiger partial charge in [-0.25, -0.2) is 0 Å². The number of hydrogen-bond donors (Lipinski definition) is 1. The van der Waals surface area contributed by atoms with Crippen LogP contribution in [0.3, 0.4) is 0 Å². The Morgan fingerprint density at radius 3 is 2.89 bits per heavy atom. The molecule has 1 saturated heterocycles. The van der Waals surface area contributed by atoms with Crippen molar-refractivity contribution in [2.75, 3.05) is 6.61 Å². The number of rotatable bonds is 3. The van der Waals surface area contributed by atoms with Gasteiger partial charge in [0.05, 0.1) is 12.1 Å². The van der Waals surface area contributed by atoms with Crippen LogP contribution in [0.25, 0.3) is 11.4 Å². The lowest BCUT2D eigenvalue weighted by molar-refractivity contribution is 0.00622. The second-order valence-corrected chi connectivity index (χ2v) is 5.59. The van der Waals surface area contributed by atoms with Crippen LogP contribution in [-0.4, -0.2) is 27.0 Å². The molecule has 2 heterocycles. The van der Waals surface area contributed by atoms with Gasteiger partial charge in [0.2, 0.25) is 0 Å². The fraction of sp³-hybridized carbons (Fsp3) is 0.429. The minimum Gasteiger partial charge on any atom is -0.373 e. The maximum Gasteiger partial charge on any atom is 0.195 e. The van der Waals surface area contributed by atoms with Crippen LogP contribution in [0.1, 0.15) is 19.8 Å². The number of benzene rings is 1. The molecule has 2 aromatic rings. The molecule has 1 aliphatic rings. The molecule has 100 valence electrons. The largest absolute Gasteiger partial charge is 0.373 e. The Kier molecular flexibility index (Phi) is 3.24. The maximum atomic E-state index is 5.85. The van der Waals surface area contributed by atoms with Crippen molar-refractivity contribution < 1.29 is 4.74 Å². The van der Waals surface area contributed by atoms with E-state index >= 15 is 0 Å². The zero-order valence-electron chi connectivity index (χ0n) is 10.9. The van der Waals surface area contributed by atoms with Gasteiger partial charge in [0.15, 0.2) is 10.6 Å². The maximum absolute atomic E-state index is 5.85. The summed E-state index contributed by atoms with van der Waals surface area (Å²) >= 11 is 5.35. The van der Waals surface area contributed by atoms with Crippen molar-refractivity contribution in [2.45, 2.75) is 31.9 Å². The molecule has 1 N–H and O–H groups in total. The summed E-state index contributed by atoms with van der Waals surface area (Å²) in [5, 5.41) is 7.24. The predicted octanol–water partition coefficient (Wildman–Crippen LogP) is 3.18. The molecule has 5 heteroatoms. The van der Waals surface area contributed by atoms with Gasteiger partial charge < -0.3 is 4.74 Å². The Balaban J connectivity index is 1.98. The van der Waals surface area contributed by atoms with Crippen LogP contribution in [0.15, 0.2) is 30.3 Å². The van der Waals surface area contributed by atoms with Gasteiger partial charge >= 0.3 is 0 Å². The van der Waals surface area contributed by atoms with Gasteiger partial charge in [0, 0.05) is 12.2 Å². The summed E-state index contributed by atoms with van der Waals surface area (Å²) in [6.07, 6.45) is 2.18. The highest BCUT2D eigenvalue weighted by Crippen LogP contribution is 2.28. The third-order valence-corrected chi connectivity index (χ3v) is 3.89. The second kappa shape index (κ2) is 4.90. The molecule has 1 atom stereocenters. The molecule has 0 spiro atoms. The lowest BCUT2D eigenvalue weighted by atomic mass is 10.0. The fourth-order valence-electron chi connectivity index (χ4n) is 2.57. The Hall–Kier alpha value is -1.46. The number of hydrogen-bond acceptors (Lipinski definition) is 3. The topological polar surface area (TPSA) is 42.8 Å². The Labute approximate surface area is 117 Å².